The van der Waals surface area contributed by atoms with Crippen LogP contribution in [0.4, 0.5) is 10.1 Å². The SMILES string of the molecule is CNc1ccc(-c2cn(C3CC(c4ncnn4-c4ccc5nc(C)sc5c4)OC(CO)C3O)nn2)cc1F. The summed E-state index contributed by atoms with van der Waals surface area (Å²) in [5.74, 6) is 0.128. The molecule has 4 unspecified atom stereocenters. The number of aliphatic hydroxyl groups is 2. The fourth-order valence-electron chi connectivity index (χ4n) is 4.81. The Labute approximate surface area is 220 Å². The van der Waals surface area contributed by atoms with Gasteiger partial charge in [0, 0.05) is 19.0 Å². The van der Waals surface area contributed by atoms with E-state index < -0.39 is 36.8 Å². The van der Waals surface area contributed by atoms with Crippen LogP contribution in [0.5, 0.6) is 0 Å². The fraction of sp³-hybridized carbons (Fsp3) is 0.320. The zero-order chi connectivity index (χ0) is 26.4. The Balaban J connectivity index is 1.31. The van der Waals surface area contributed by atoms with Crippen molar-refractivity contribution in [2.45, 2.75) is 37.7 Å². The van der Waals surface area contributed by atoms with E-state index in [0.29, 0.717) is 29.2 Å². The summed E-state index contributed by atoms with van der Waals surface area (Å²) >= 11 is 1.59. The zero-order valence-corrected chi connectivity index (χ0v) is 21.4. The fourth-order valence-corrected chi connectivity index (χ4v) is 5.67. The number of nitrogens with one attached hydrogen (secondary N) is 1. The molecule has 11 nitrogen and oxygen atoms in total. The molecule has 38 heavy (non-hydrogen) atoms. The lowest BCUT2D eigenvalue weighted by atomic mass is 9.95. The third-order valence-corrected chi connectivity index (χ3v) is 7.65. The molecule has 3 aromatic heterocycles. The number of nitrogens with zero attached hydrogens (tertiary/aromatic N) is 7. The van der Waals surface area contributed by atoms with E-state index in [2.05, 4.69) is 30.7 Å². The van der Waals surface area contributed by atoms with Crippen LogP contribution in [0.2, 0.25) is 0 Å². The largest absolute Gasteiger partial charge is 0.394 e. The predicted molar refractivity (Wildman–Crippen MR) is 139 cm³/mol. The minimum Gasteiger partial charge on any atom is -0.394 e. The third-order valence-electron chi connectivity index (χ3n) is 6.72. The molecular formula is C25H25FN8O3S. The van der Waals surface area contributed by atoms with Gasteiger partial charge in [0.1, 0.15) is 36.2 Å². The van der Waals surface area contributed by atoms with E-state index >= 15 is 0 Å². The normalized spacial score (nSPS) is 21.7. The first-order valence-electron chi connectivity index (χ1n) is 12.1. The summed E-state index contributed by atoms with van der Waals surface area (Å²) in [5.41, 5.74) is 3.11. The van der Waals surface area contributed by atoms with Crippen molar-refractivity contribution >= 4 is 27.2 Å². The highest BCUT2D eigenvalue weighted by molar-refractivity contribution is 7.18. The number of rotatable bonds is 6. The van der Waals surface area contributed by atoms with Gasteiger partial charge in [0.25, 0.3) is 0 Å². The maximum Gasteiger partial charge on any atom is 0.161 e. The standard InChI is InChI=1S/C25H25FN8O3S/c1-13-30-18-6-4-15(8-23(18)38-13)34-25(28-12-29-34)21-9-20(24(36)22(11-35)37-21)33-10-19(31-32-33)14-3-5-17(27-2)16(26)7-14/h3-8,10,12,20-22,24,27,35-36H,9,11H2,1-2H3. The van der Waals surface area contributed by atoms with E-state index in [0.717, 1.165) is 20.9 Å². The number of benzene rings is 2. The number of fused-ring (bicyclic) bond motifs is 1. The number of anilines is 1. The van der Waals surface area contributed by atoms with E-state index in [-0.39, 0.29) is 0 Å². The van der Waals surface area contributed by atoms with Crippen LogP contribution in [0.3, 0.4) is 0 Å². The van der Waals surface area contributed by atoms with Crippen LogP contribution < -0.4 is 5.32 Å². The van der Waals surface area contributed by atoms with Gasteiger partial charge in [-0.2, -0.15) is 5.10 Å². The lowest BCUT2D eigenvalue weighted by molar-refractivity contribution is -0.161. The quantitative estimate of drug-likeness (QED) is 0.299. The second-order valence-corrected chi connectivity index (χ2v) is 10.3. The van der Waals surface area contributed by atoms with Crippen LogP contribution in [0, 0.1) is 12.7 Å². The average molecular weight is 537 g/mol. The molecule has 4 atom stereocenters. The van der Waals surface area contributed by atoms with Crippen LogP contribution in [-0.4, -0.2) is 70.8 Å². The molecule has 4 heterocycles. The monoisotopic (exact) mass is 536 g/mol. The van der Waals surface area contributed by atoms with Gasteiger partial charge < -0.3 is 20.3 Å². The van der Waals surface area contributed by atoms with E-state index in [9.17, 15) is 14.6 Å². The maximum atomic E-state index is 14.3. The van der Waals surface area contributed by atoms with Crippen molar-refractivity contribution in [3.8, 4) is 16.9 Å². The highest BCUT2D eigenvalue weighted by Crippen LogP contribution is 2.38. The highest BCUT2D eigenvalue weighted by atomic mass is 32.1. The molecule has 0 aliphatic carbocycles. The molecule has 5 aromatic rings. The van der Waals surface area contributed by atoms with E-state index in [1.54, 1.807) is 41.4 Å². The van der Waals surface area contributed by atoms with Gasteiger partial charge in [-0.25, -0.2) is 23.7 Å². The number of aliphatic hydroxyl groups excluding tert-OH is 2. The second-order valence-electron chi connectivity index (χ2n) is 9.08. The van der Waals surface area contributed by atoms with Crippen LogP contribution in [0.1, 0.15) is 29.4 Å². The molecule has 1 saturated heterocycles. The first kappa shape index (κ1) is 24.6. The van der Waals surface area contributed by atoms with Gasteiger partial charge in [0.2, 0.25) is 0 Å². The Morgan fingerprint density at radius 1 is 1.24 bits per heavy atom. The molecule has 0 radical (unpaired) electrons. The zero-order valence-electron chi connectivity index (χ0n) is 20.6. The first-order chi connectivity index (χ1) is 18.4. The van der Waals surface area contributed by atoms with Crippen molar-refractivity contribution in [1.29, 1.82) is 0 Å². The first-order valence-corrected chi connectivity index (χ1v) is 12.9. The van der Waals surface area contributed by atoms with Crippen LogP contribution in [-0.2, 0) is 4.74 Å². The Morgan fingerprint density at radius 2 is 2.11 bits per heavy atom. The average Bonchev–Trinajstić information content (AvgIpc) is 3.67. The molecule has 196 valence electrons. The number of aromatic nitrogens is 7. The Bertz CT molecular complexity index is 1600. The van der Waals surface area contributed by atoms with E-state index in [1.807, 2.05) is 25.1 Å². The molecule has 0 spiro atoms. The number of hydrogen-bond donors (Lipinski definition) is 3. The van der Waals surface area contributed by atoms with Gasteiger partial charge in [0.15, 0.2) is 5.82 Å². The number of halogens is 1. The minimum atomic E-state index is -1.05. The van der Waals surface area contributed by atoms with Gasteiger partial charge in [-0.15, -0.1) is 16.4 Å². The van der Waals surface area contributed by atoms with Crippen molar-refractivity contribution in [3.05, 3.63) is 65.6 Å². The molecular weight excluding hydrogens is 511 g/mol. The number of ether oxygens (including phenoxy) is 1. The smallest absolute Gasteiger partial charge is 0.161 e. The third kappa shape index (κ3) is 4.32. The molecule has 1 fully saturated rings. The van der Waals surface area contributed by atoms with Gasteiger partial charge in [0.05, 0.1) is 45.4 Å². The molecule has 3 N–H and O–H groups in total. The number of aryl methyl sites for hydroxylation is 1. The van der Waals surface area contributed by atoms with E-state index in [4.69, 9.17) is 4.74 Å². The molecule has 0 amide bonds. The van der Waals surface area contributed by atoms with Gasteiger partial charge in [-0.3, -0.25) is 0 Å². The summed E-state index contributed by atoms with van der Waals surface area (Å²) in [7, 11) is 1.65. The second kappa shape index (κ2) is 9.83. The molecule has 1 aliphatic heterocycles. The van der Waals surface area contributed by atoms with Crippen molar-refractivity contribution in [3.63, 3.8) is 0 Å². The highest BCUT2D eigenvalue weighted by Gasteiger charge is 2.41. The molecule has 13 heteroatoms. The predicted octanol–water partition coefficient (Wildman–Crippen LogP) is 3.05. The summed E-state index contributed by atoms with van der Waals surface area (Å²) in [6.07, 6.45) is 0.878. The minimum absolute atomic E-state index is 0.300. The molecule has 0 bridgehead atoms. The number of hydrogen-bond acceptors (Lipinski definition) is 10. The van der Waals surface area contributed by atoms with Crippen molar-refractivity contribution in [2.75, 3.05) is 19.0 Å². The summed E-state index contributed by atoms with van der Waals surface area (Å²) in [6.45, 7) is 1.57. The molecule has 2 aromatic carbocycles. The van der Waals surface area contributed by atoms with Crippen LogP contribution >= 0.6 is 11.3 Å². The Kier molecular flexibility index (Phi) is 6.35. The van der Waals surface area contributed by atoms with E-state index in [1.165, 1.54) is 17.1 Å². The van der Waals surface area contributed by atoms with Gasteiger partial charge in [-0.1, -0.05) is 11.3 Å². The van der Waals surface area contributed by atoms with Gasteiger partial charge in [-0.05, 0) is 37.3 Å². The molecule has 0 saturated carbocycles. The maximum absolute atomic E-state index is 14.3. The Hall–Kier alpha value is -3.78. The summed E-state index contributed by atoms with van der Waals surface area (Å²) in [5, 5.41) is 37.6. The lowest BCUT2D eigenvalue weighted by Crippen LogP contribution is -2.45. The van der Waals surface area contributed by atoms with Gasteiger partial charge >= 0.3 is 0 Å². The molecule has 6 rings (SSSR count). The lowest BCUT2D eigenvalue weighted by Gasteiger charge is -2.38. The number of thiazole rings is 1. The van der Waals surface area contributed by atoms with Crippen molar-refractivity contribution < 1.29 is 19.3 Å². The van der Waals surface area contributed by atoms with Crippen molar-refractivity contribution in [2.24, 2.45) is 0 Å². The van der Waals surface area contributed by atoms with Crippen LogP contribution in [0.25, 0.3) is 27.2 Å². The Morgan fingerprint density at radius 3 is 2.89 bits per heavy atom. The topological polar surface area (TPSA) is 136 Å². The summed E-state index contributed by atoms with van der Waals surface area (Å²) in [4.78, 5) is 8.97. The van der Waals surface area contributed by atoms with Crippen LogP contribution in [0.15, 0.2) is 48.9 Å². The van der Waals surface area contributed by atoms with Crippen molar-refractivity contribution in [1.82, 2.24) is 34.7 Å². The summed E-state index contributed by atoms with van der Waals surface area (Å²) in [6, 6.07) is 10.0. The summed E-state index contributed by atoms with van der Waals surface area (Å²) < 4.78 is 24.7. The molecule has 1 aliphatic rings.